The molecule has 70 heavy (non-hydrogen) atoms. The summed E-state index contributed by atoms with van der Waals surface area (Å²) in [6.07, 6.45) is 71.4. The number of quaternary nitrogens is 1. The van der Waals surface area contributed by atoms with E-state index in [9.17, 15) is 19.4 Å². The molecule has 0 aromatic carbocycles. The zero-order valence-electron chi connectivity index (χ0n) is 46.5. The second kappa shape index (κ2) is 51.8. The third kappa shape index (κ3) is 53.7. The van der Waals surface area contributed by atoms with Crippen LogP contribution >= 0.6 is 7.82 Å². The van der Waals surface area contributed by atoms with E-state index in [-0.39, 0.29) is 12.5 Å². The van der Waals surface area contributed by atoms with E-state index in [2.05, 4.69) is 79.9 Å². The maximum absolute atomic E-state index is 12.9. The second-order valence-corrected chi connectivity index (χ2v) is 22.4. The van der Waals surface area contributed by atoms with Crippen molar-refractivity contribution in [3.8, 4) is 0 Å². The Morgan fingerprint density at radius 2 is 0.886 bits per heavy atom. The normalized spacial score (nSPS) is 14.4. The first-order chi connectivity index (χ1) is 34.0. The van der Waals surface area contributed by atoms with Gasteiger partial charge in [-0.2, -0.15) is 0 Å². The van der Waals surface area contributed by atoms with Crippen LogP contribution in [0, 0.1) is 0 Å². The van der Waals surface area contributed by atoms with E-state index in [4.69, 9.17) is 9.05 Å². The molecule has 0 aliphatic rings. The lowest BCUT2D eigenvalue weighted by Crippen LogP contribution is -2.45. The van der Waals surface area contributed by atoms with Crippen LogP contribution in [0.1, 0.15) is 258 Å². The Hall–Kier alpha value is -2.06. The van der Waals surface area contributed by atoms with Gasteiger partial charge in [0.1, 0.15) is 13.2 Å². The van der Waals surface area contributed by atoms with Crippen LogP contribution in [0.3, 0.4) is 0 Å². The van der Waals surface area contributed by atoms with Crippen LogP contribution in [0.4, 0.5) is 0 Å². The fourth-order valence-corrected chi connectivity index (χ4v) is 9.04. The van der Waals surface area contributed by atoms with Crippen molar-refractivity contribution in [1.82, 2.24) is 5.32 Å². The summed E-state index contributed by atoms with van der Waals surface area (Å²) in [5.41, 5.74) is 0. The first-order valence-corrected chi connectivity index (χ1v) is 30.8. The zero-order valence-corrected chi connectivity index (χ0v) is 47.4. The Morgan fingerprint density at radius 3 is 1.33 bits per heavy atom. The standard InChI is InChI=1S/C61H113N2O6P/c1-6-8-10-12-14-16-18-20-22-24-25-26-27-28-29-30-31-32-33-34-35-36-37-39-40-42-44-46-48-50-52-54-60(64)59(58-69-70(66,67)68-57-56-63(3,4)5)62-61(65)55-53-51-49-47-45-43-41-38-23-21-19-17-15-13-11-9-7-2/h9,11,15,17,21,23,37,39,44,46,52,54,59-60,64H,6-8,10,12-14,16,18-20,22,24-36,38,40-43,45,47-51,53,55-58H2,1-5H3,(H-,62,65,66,67)/b11-9-,17-15-,23-21-,39-37+,46-44+,54-52+. The van der Waals surface area contributed by atoms with Gasteiger partial charge in [-0.05, 0) is 77.0 Å². The zero-order chi connectivity index (χ0) is 51.3. The largest absolute Gasteiger partial charge is 0.756 e. The van der Waals surface area contributed by atoms with E-state index < -0.39 is 26.6 Å². The molecule has 1 amide bonds. The third-order valence-electron chi connectivity index (χ3n) is 12.9. The molecule has 9 heteroatoms. The number of carbonyl (C=O) groups is 1. The summed E-state index contributed by atoms with van der Waals surface area (Å²) in [6, 6.07) is -0.920. The lowest BCUT2D eigenvalue weighted by molar-refractivity contribution is -0.870. The molecule has 3 unspecified atom stereocenters. The highest BCUT2D eigenvalue weighted by Gasteiger charge is 2.23. The number of likely N-dealkylation sites (N-methyl/N-ethyl adjacent to an activating group) is 1. The van der Waals surface area contributed by atoms with Gasteiger partial charge in [-0.25, -0.2) is 0 Å². The van der Waals surface area contributed by atoms with Crippen LogP contribution in [-0.4, -0.2) is 68.5 Å². The minimum Gasteiger partial charge on any atom is -0.756 e. The van der Waals surface area contributed by atoms with Crippen molar-refractivity contribution in [3.05, 3.63) is 72.9 Å². The number of unbranched alkanes of at least 4 members (excludes halogenated alkanes) is 30. The van der Waals surface area contributed by atoms with E-state index in [0.717, 1.165) is 77.0 Å². The first kappa shape index (κ1) is 67.9. The maximum Gasteiger partial charge on any atom is 0.268 e. The number of phosphoric ester groups is 1. The van der Waals surface area contributed by atoms with Gasteiger partial charge in [0.25, 0.3) is 7.82 Å². The first-order valence-electron chi connectivity index (χ1n) is 29.3. The molecule has 0 spiro atoms. The van der Waals surface area contributed by atoms with Gasteiger partial charge < -0.3 is 28.8 Å². The number of nitrogens with zero attached hydrogens (tertiary/aromatic N) is 1. The number of allylic oxidation sites excluding steroid dienone is 11. The molecule has 408 valence electrons. The van der Waals surface area contributed by atoms with Crippen LogP contribution in [0.15, 0.2) is 72.9 Å². The molecule has 0 saturated heterocycles. The average Bonchev–Trinajstić information content (AvgIpc) is 3.32. The topological polar surface area (TPSA) is 108 Å². The maximum atomic E-state index is 12.9. The molecule has 0 rings (SSSR count). The summed E-state index contributed by atoms with van der Waals surface area (Å²) in [7, 11) is 1.22. The molecule has 0 aliphatic carbocycles. The number of phosphoric acid groups is 1. The second-order valence-electron chi connectivity index (χ2n) is 20.9. The molecule has 8 nitrogen and oxygen atoms in total. The number of rotatable bonds is 53. The number of hydrogen-bond acceptors (Lipinski definition) is 6. The molecule has 0 aromatic heterocycles. The number of aliphatic hydroxyl groups is 1. The lowest BCUT2D eigenvalue weighted by atomic mass is 10.0. The van der Waals surface area contributed by atoms with Gasteiger partial charge in [0.15, 0.2) is 0 Å². The van der Waals surface area contributed by atoms with Crippen molar-refractivity contribution in [2.24, 2.45) is 0 Å². The average molecular weight is 1000 g/mol. The summed E-state index contributed by atoms with van der Waals surface area (Å²) in [5, 5.41) is 13.8. The predicted octanol–water partition coefficient (Wildman–Crippen LogP) is 17.2. The number of hydrogen-bond donors (Lipinski definition) is 2. The highest BCUT2D eigenvalue weighted by Crippen LogP contribution is 2.38. The molecule has 0 aliphatic heterocycles. The molecular formula is C61H113N2O6P. The fraction of sp³-hybridized carbons (Fsp3) is 0.787. The number of nitrogens with one attached hydrogen (secondary N) is 1. The van der Waals surface area contributed by atoms with E-state index in [0.29, 0.717) is 17.4 Å². The Bertz CT molecular complexity index is 1370. The Labute approximate surface area is 434 Å². The number of amides is 1. The molecule has 3 atom stereocenters. The summed E-state index contributed by atoms with van der Waals surface area (Å²) in [4.78, 5) is 25.5. The summed E-state index contributed by atoms with van der Waals surface area (Å²) in [6.45, 7) is 4.51. The lowest BCUT2D eigenvalue weighted by Gasteiger charge is -2.29. The van der Waals surface area contributed by atoms with Crippen LogP contribution in [0.2, 0.25) is 0 Å². The Balaban J connectivity index is 4.22. The smallest absolute Gasteiger partial charge is 0.268 e. The van der Waals surface area contributed by atoms with E-state index in [1.807, 2.05) is 27.2 Å². The van der Waals surface area contributed by atoms with Gasteiger partial charge in [0.05, 0.1) is 39.9 Å². The third-order valence-corrected chi connectivity index (χ3v) is 13.8. The molecule has 2 N–H and O–H groups in total. The van der Waals surface area contributed by atoms with Crippen LogP contribution in [0.5, 0.6) is 0 Å². The van der Waals surface area contributed by atoms with E-state index >= 15 is 0 Å². The van der Waals surface area contributed by atoms with E-state index in [1.54, 1.807) is 6.08 Å². The van der Waals surface area contributed by atoms with Gasteiger partial charge in [0, 0.05) is 6.42 Å². The van der Waals surface area contributed by atoms with Gasteiger partial charge in [-0.3, -0.25) is 9.36 Å². The monoisotopic (exact) mass is 1000 g/mol. The molecule has 0 fully saturated rings. The van der Waals surface area contributed by atoms with Gasteiger partial charge in [0.2, 0.25) is 5.91 Å². The minimum atomic E-state index is -4.62. The molecule has 0 saturated carbocycles. The summed E-state index contributed by atoms with van der Waals surface area (Å²) >= 11 is 0. The number of aliphatic hydroxyl groups excluding tert-OH is 1. The number of carbonyl (C=O) groups excluding carboxylic acids is 1. The van der Waals surface area contributed by atoms with Crippen molar-refractivity contribution in [1.29, 1.82) is 0 Å². The minimum absolute atomic E-state index is 0.0141. The Morgan fingerprint density at radius 1 is 0.514 bits per heavy atom. The fourth-order valence-electron chi connectivity index (χ4n) is 8.32. The molecule has 0 aromatic rings. The molecule has 0 radical (unpaired) electrons. The molecule has 0 bridgehead atoms. The highest BCUT2D eigenvalue weighted by molar-refractivity contribution is 7.45. The van der Waals surface area contributed by atoms with Crippen LogP contribution in [0.25, 0.3) is 0 Å². The van der Waals surface area contributed by atoms with E-state index in [1.165, 1.54) is 161 Å². The summed E-state index contributed by atoms with van der Waals surface area (Å²) in [5.74, 6) is -0.223. The van der Waals surface area contributed by atoms with Gasteiger partial charge in [-0.1, -0.05) is 247 Å². The van der Waals surface area contributed by atoms with Crippen molar-refractivity contribution in [2.45, 2.75) is 270 Å². The SMILES string of the molecule is CC/C=C\C/C=C\C/C=C\CCCCCCCCCC(=O)NC(COP(=O)([O-])OCC[N+](C)(C)C)C(O)/C=C/CC/C=C/CC/C=C/CCCCCCCCCCCCCCCCCCCCCCC. The van der Waals surface area contributed by atoms with Crippen molar-refractivity contribution in [3.63, 3.8) is 0 Å². The van der Waals surface area contributed by atoms with Crippen molar-refractivity contribution in [2.75, 3.05) is 40.9 Å². The highest BCUT2D eigenvalue weighted by atomic mass is 31.2. The van der Waals surface area contributed by atoms with Gasteiger partial charge >= 0.3 is 0 Å². The summed E-state index contributed by atoms with van der Waals surface area (Å²) < 4.78 is 23.3. The Kier molecular flexibility index (Phi) is 50.3. The van der Waals surface area contributed by atoms with Gasteiger partial charge in [-0.15, -0.1) is 0 Å². The van der Waals surface area contributed by atoms with Crippen molar-refractivity contribution < 1.29 is 32.9 Å². The predicted molar refractivity (Wildman–Crippen MR) is 302 cm³/mol. The van der Waals surface area contributed by atoms with Crippen LogP contribution in [-0.2, 0) is 18.4 Å². The van der Waals surface area contributed by atoms with Crippen molar-refractivity contribution >= 4 is 13.7 Å². The molecular weight excluding hydrogens is 888 g/mol. The van der Waals surface area contributed by atoms with Crippen LogP contribution < -0.4 is 10.2 Å². The quantitative estimate of drug-likeness (QED) is 0.0272. The molecule has 0 heterocycles.